The molecule has 0 bridgehead atoms. The molecule has 1 heterocycles. The maximum absolute atomic E-state index is 13.5. The molecule has 1 aliphatic rings. The summed E-state index contributed by atoms with van der Waals surface area (Å²) < 4.78 is 13.5. The summed E-state index contributed by atoms with van der Waals surface area (Å²) in [5.41, 5.74) is 2.30. The van der Waals surface area contributed by atoms with Gasteiger partial charge in [0, 0.05) is 16.3 Å². The molecule has 1 fully saturated rings. The van der Waals surface area contributed by atoms with Crippen LogP contribution in [0.1, 0.15) is 22.7 Å². The number of carbonyl (C=O) groups excluding carboxylic acids is 2. The first-order valence-electron chi connectivity index (χ1n) is 9.26. The molecule has 6 heteroatoms. The molecular weight excluding hydrogens is 405 g/mol. The number of hydrogen-bond acceptors (Lipinski definition) is 3. The number of benzene rings is 3. The van der Waals surface area contributed by atoms with E-state index < -0.39 is 23.5 Å². The molecule has 0 spiro atoms. The summed E-state index contributed by atoms with van der Waals surface area (Å²) in [5.74, 6) is -2.32. The Labute approximate surface area is 177 Å². The lowest BCUT2D eigenvalue weighted by atomic mass is 9.95. The van der Waals surface area contributed by atoms with Crippen LogP contribution in [0.4, 0.5) is 10.1 Å². The third-order valence-corrected chi connectivity index (χ3v) is 5.31. The fraction of sp³-hybridized carbons (Fsp3) is 0.0833. The van der Waals surface area contributed by atoms with Gasteiger partial charge in [-0.25, -0.2) is 4.39 Å². The molecular formula is C24H17ClFNO3. The lowest BCUT2D eigenvalue weighted by Crippen LogP contribution is -2.29. The number of hydrogen-bond donors (Lipinski definition) is 1. The molecule has 1 saturated heterocycles. The molecule has 0 radical (unpaired) electrons. The fourth-order valence-electron chi connectivity index (χ4n) is 3.53. The van der Waals surface area contributed by atoms with Crippen molar-refractivity contribution in [3.8, 4) is 0 Å². The first kappa shape index (κ1) is 19.9. The van der Waals surface area contributed by atoms with Crippen LogP contribution >= 0.6 is 11.6 Å². The van der Waals surface area contributed by atoms with Crippen molar-refractivity contribution in [2.75, 3.05) is 4.90 Å². The number of anilines is 1. The quantitative estimate of drug-likeness (QED) is 0.349. The molecule has 30 heavy (non-hydrogen) atoms. The number of rotatable bonds is 3. The van der Waals surface area contributed by atoms with E-state index in [9.17, 15) is 19.1 Å². The molecule has 0 unspecified atom stereocenters. The van der Waals surface area contributed by atoms with Gasteiger partial charge >= 0.3 is 0 Å². The highest BCUT2D eigenvalue weighted by Crippen LogP contribution is 2.42. The summed E-state index contributed by atoms with van der Waals surface area (Å²) >= 11 is 5.92. The number of nitrogens with zero attached hydrogens (tertiary/aromatic N) is 1. The number of aliphatic hydroxyl groups is 1. The van der Waals surface area contributed by atoms with Crippen LogP contribution in [0, 0.1) is 12.7 Å². The predicted octanol–water partition coefficient (Wildman–Crippen LogP) is 5.41. The van der Waals surface area contributed by atoms with E-state index in [-0.39, 0.29) is 11.3 Å². The highest BCUT2D eigenvalue weighted by Gasteiger charge is 2.46. The van der Waals surface area contributed by atoms with E-state index in [2.05, 4.69) is 0 Å². The van der Waals surface area contributed by atoms with Gasteiger partial charge in [0.15, 0.2) is 0 Å². The second-order valence-corrected chi connectivity index (χ2v) is 7.50. The predicted molar refractivity (Wildman–Crippen MR) is 114 cm³/mol. The highest BCUT2D eigenvalue weighted by atomic mass is 35.5. The molecule has 1 atom stereocenters. The third-order valence-electron chi connectivity index (χ3n) is 5.06. The molecule has 1 amide bonds. The van der Waals surface area contributed by atoms with E-state index in [4.69, 9.17) is 11.6 Å². The van der Waals surface area contributed by atoms with Gasteiger partial charge in [-0.3, -0.25) is 14.5 Å². The van der Waals surface area contributed by atoms with Gasteiger partial charge in [-0.05, 0) is 61.0 Å². The Morgan fingerprint density at radius 3 is 2.13 bits per heavy atom. The zero-order valence-corrected chi connectivity index (χ0v) is 16.7. The number of amides is 1. The van der Waals surface area contributed by atoms with Crippen molar-refractivity contribution in [3.05, 3.63) is 106 Å². The van der Waals surface area contributed by atoms with Crippen LogP contribution in [0.15, 0.2) is 78.4 Å². The molecule has 0 aliphatic carbocycles. The Bertz CT molecular complexity index is 1150. The van der Waals surface area contributed by atoms with Crippen LogP contribution in [0.3, 0.4) is 0 Å². The van der Waals surface area contributed by atoms with Crippen molar-refractivity contribution >= 4 is 34.7 Å². The number of ketones is 1. The summed E-state index contributed by atoms with van der Waals surface area (Å²) in [6, 6.07) is 18.0. The maximum Gasteiger partial charge on any atom is 0.300 e. The van der Waals surface area contributed by atoms with Crippen LogP contribution in [-0.2, 0) is 9.59 Å². The molecule has 1 aliphatic heterocycles. The molecule has 0 aromatic heterocycles. The monoisotopic (exact) mass is 421 g/mol. The van der Waals surface area contributed by atoms with Gasteiger partial charge in [0.1, 0.15) is 11.6 Å². The zero-order valence-electron chi connectivity index (χ0n) is 16.0. The standard InChI is InChI=1S/C24H17ClFNO3/c1-14-2-12-19(13-3-14)27-21(15-6-10-18(26)11-7-15)20(23(29)24(27)30)22(28)16-4-8-17(25)9-5-16/h2-13,21,28H,1H3/b22-20+/t21-/m1/s1. The van der Waals surface area contributed by atoms with Crippen molar-refractivity contribution in [1.29, 1.82) is 0 Å². The number of Topliss-reactive ketones (excluding diaryl/α,β-unsaturated/α-hetero) is 1. The Morgan fingerprint density at radius 2 is 1.53 bits per heavy atom. The topological polar surface area (TPSA) is 57.6 Å². The molecule has 0 saturated carbocycles. The van der Waals surface area contributed by atoms with E-state index in [1.54, 1.807) is 36.4 Å². The van der Waals surface area contributed by atoms with Gasteiger partial charge in [-0.15, -0.1) is 0 Å². The van der Waals surface area contributed by atoms with Gasteiger partial charge in [0.25, 0.3) is 11.7 Å². The van der Waals surface area contributed by atoms with Crippen LogP contribution in [0.5, 0.6) is 0 Å². The van der Waals surface area contributed by atoms with Gasteiger partial charge < -0.3 is 5.11 Å². The number of aryl methyl sites for hydroxylation is 1. The normalized spacial score (nSPS) is 18.1. The summed E-state index contributed by atoms with van der Waals surface area (Å²) in [7, 11) is 0. The minimum atomic E-state index is -0.899. The maximum atomic E-state index is 13.5. The lowest BCUT2D eigenvalue weighted by Gasteiger charge is -2.25. The summed E-state index contributed by atoms with van der Waals surface area (Å²) in [5, 5.41) is 11.4. The van der Waals surface area contributed by atoms with Crippen molar-refractivity contribution < 1.29 is 19.1 Å². The lowest BCUT2D eigenvalue weighted by molar-refractivity contribution is -0.132. The van der Waals surface area contributed by atoms with E-state index in [1.807, 2.05) is 19.1 Å². The minimum Gasteiger partial charge on any atom is -0.507 e. The van der Waals surface area contributed by atoms with Crippen molar-refractivity contribution in [1.82, 2.24) is 0 Å². The SMILES string of the molecule is Cc1ccc(N2C(=O)C(=O)/C(=C(/O)c3ccc(Cl)cc3)[C@H]2c2ccc(F)cc2)cc1. The van der Waals surface area contributed by atoms with E-state index in [1.165, 1.54) is 29.2 Å². The van der Waals surface area contributed by atoms with E-state index in [0.29, 0.717) is 21.8 Å². The van der Waals surface area contributed by atoms with Gasteiger partial charge in [0.05, 0.1) is 11.6 Å². The first-order valence-corrected chi connectivity index (χ1v) is 9.63. The second-order valence-electron chi connectivity index (χ2n) is 7.06. The molecule has 4 nitrogen and oxygen atoms in total. The van der Waals surface area contributed by atoms with Crippen molar-refractivity contribution in [2.45, 2.75) is 13.0 Å². The molecule has 150 valence electrons. The van der Waals surface area contributed by atoms with Crippen LogP contribution in [0.25, 0.3) is 5.76 Å². The third kappa shape index (κ3) is 3.48. The number of aliphatic hydroxyl groups excluding tert-OH is 1. The molecule has 1 N–H and O–H groups in total. The summed E-state index contributed by atoms with van der Waals surface area (Å²) in [6.07, 6.45) is 0. The van der Waals surface area contributed by atoms with Gasteiger partial charge in [-0.1, -0.05) is 41.4 Å². The van der Waals surface area contributed by atoms with E-state index in [0.717, 1.165) is 5.56 Å². The molecule has 3 aromatic carbocycles. The highest BCUT2D eigenvalue weighted by molar-refractivity contribution is 6.51. The number of halogens is 2. The zero-order chi connectivity index (χ0) is 21.4. The largest absolute Gasteiger partial charge is 0.507 e. The van der Waals surface area contributed by atoms with Crippen LogP contribution < -0.4 is 4.90 Å². The average molecular weight is 422 g/mol. The Hall–Kier alpha value is -3.44. The Kier molecular flexibility index (Phi) is 5.14. The molecule has 4 rings (SSSR count). The second kappa shape index (κ2) is 7.76. The van der Waals surface area contributed by atoms with Crippen LogP contribution in [-0.4, -0.2) is 16.8 Å². The number of carbonyl (C=O) groups is 2. The molecule has 3 aromatic rings. The van der Waals surface area contributed by atoms with Crippen LogP contribution in [0.2, 0.25) is 5.02 Å². The fourth-order valence-corrected chi connectivity index (χ4v) is 3.65. The Morgan fingerprint density at radius 1 is 0.933 bits per heavy atom. The smallest absolute Gasteiger partial charge is 0.300 e. The first-order chi connectivity index (χ1) is 14.4. The summed E-state index contributed by atoms with van der Waals surface area (Å²) in [6.45, 7) is 1.91. The van der Waals surface area contributed by atoms with Crippen molar-refractivity contribution in [2.24, 2.45) is 0 Å². The van der Waals surface area contributed by atoms with Gasteiger partial charge in [-0.2, -0.15) is 0 Å². The van der Waals surface area contributed by atoms with E-state index >= 15 is 0 Å². The van der Waals surface area contributed by atoms with Gasteiger partial charge in [0.2, 0.25) is 0 Å². The average Bonchev–Trinajstić information content (AvgIpc) is 3.00. The Balaban J connectivity index is 1.93. The van der Waals surface area contributed by atoms with Crippen molar-refractivity contribution in [3.63, 3.8) is 0 Å². The minimum absolute atomic E-state index is 0.0606. The summed E-state index contributed by atoms with van der Waals surface area (Å²) in [4.78, 5) is 27.3.